The van der Waals surface area contributed by atoms with E-state index in [-0.39, 0.29) is 16.0 Å². The molecule has 2 aromatic rings. The van der Waals surface area contributed by atoms with Gasteiger partial charge in [0.05, 0.1) is 16.2 Å². The number of hydrogen-bond acceptors (Lipinski definition) is 3. The summed E-state index contributed by atoms with van der Waals surface area (Å²) in [5.41, 5.74) is 0. The molecule has 0 fully saturated rings. The average Bonchev–Trinajstić information content (AvgIpc) is 2.84. The highest BCUT2D eigenvalue weighted by Crippen LogP contribution is 2.19. The van der Waals surface area contributed by atoms with Crippen LogP contribution in [0.25, 0.3) is 0 Å². The van der Waals surface area contributed by atoms with Crippen molar-refractivity contribution in [2.24, 2.45) is 0 Å². The van der Waals surface area contributed by atoms with Gasteiger partial charge in [-0.15, -0.1) is 0 Å². The summed E-state index contributed by atoms with van der Waals surface area (Å²) in [7, 11) is -3.74. The molecule has 0 amide bonds. The second kappa shape index (κ2) is 5.95. The summed E-state index contributed by atoms with van der Waals surface area (Å²) in [5, 5.41) is -0.230. The molecule has 1 atom stereocenters. The van der Waals surface area contributed by atoms with Crippen molar-refractivity contribution in [1.82, 2.24) is 4.72 Å². The Hall–Kier alpha value is -1.37. The Bertz CT molecular complexity index is 686. The van der Waals surface area contributed by atoms with Gasteiger partial charge in [-0.3, -0.25) is 0 Å². The van der Waals surface area contributed by atoms with E-state index in [9.17, 15) is 12.8 Å². The summed E-state index contributed by atoms with van der Waals surface area (Å²) in [4.78, 5) is -0.0739. The lowest BCUT2D eigenvalue weighted by Gasteiger charge is -2.13. The molecule has 1 aromatic heterocycles. The number of nitrogens with one attached hydrogen (secondary N) is 1. The van der Waals surface area contributed by atoms with E-state index in [0.29, 0.717) is 12.2 Å². The number of benzene rings is 1. The first-order valence-corrected chi connectivity index (χ1v) is 7.74. The van der Waals surface area contributed by atoms with E-state index in [1.165, 1.54) is 12.3 Å². The molecule has 0 aliphatic heterocycles. The van der Waals surface area contributed by atoms with E-state index in [0.717, 1.165) is 12.1 Å². The third kappa shape index (κ3) is 3.59. The number of halogens is 2. The molecule has 20 heavy (non-hydrogen) atoms. The van der Waals surface area contributed by atoms with Crippen molar-refractivity contribution in [2.45, 2.75) is 24.3 Å². The van der Waals surface area contributed by atoms with Crippen LogP contribution in [0, 0.1) is 5.82 Å². The highest BCUT2D eigenvalue weighted by atomic mass is 35.5. The molecule has 4 nitrogen and oxygen atoms in total. The molecule has 0 aliphatic carbocycles. The standard InChI is InChI=1S/C13H13ClFNO3S/c1-9(7-10-3-2-6-19-10)16-20(17,18)11-4-5-13(15)12(14)8-11/h2-6,8-9,16H,7H2,1H3. The quantitative estimate of drug-likeness (QED) is 0.922. The lowest BCUT2D eigenvalue weighted by atomic mass is 10.2. The molecule has 0 radical (unpaired) electrons. The predicted octanol–water partition coefficient (Wildman–Crippen LogP) is 2.98. The van der Waals surface area contributed by atoms with Gasteiger partial charge in [0.25, 0.3) is 0 Å². The molecular weight excluding hydrogens is 305 g/mol. The molecule has 1 N–H and O–H groups in total. The third-order valence-electron chi connectivity index (χ3n) is 2.65. The molecule has 1 aromatic carbocycles. The zero-order valence-electron chi connectivity index (χ0n) is 10.6. The molecule has 2 rings (SSSR count). The highest BCUT2D eigenvalue weighted by Gasteiger charge is 2.19. The normalized spacial score (nSPS) is 13.3. The van der Waals surface area contributed by atoms with Gasteiger partial charge in [0.15, 0.2) is 0 Å². The molecule has 0 bridgehead atoms. The van der Waals surface area contributed by atoms with Crippen LogP contribution in [0.15, 0.2) is 45.9 Å². The number of sulfonamides is 1. The molecule has 0 aliphatic rings. The van der Waals surface area contributed by atoms with E-state index in [4.69, 9.17) is 16.0 Å². The maximum Gasteiger partial charge on any atom is 0.240 e. The minimum Gasteiger partial charge on any atom is -0.469 e. The number of rotatable bonds is 5. The van der Waals surface area contributed by atoms with Crippen molar-refractivity contribution in [2.75, 3.05) is 0 Å². The van der Waals surface area contributed by atoms with E-state index >= 15 is 0 Å². The van der Waals surface area contributed by atoms with Crippen LogP contribution in [0.5, 0.6) is 0 Å². The molecule has 0 saturated carbocycles. The Morgan fingerprint density at radius 1 is 1.40 bits per heavy atom. The van der Waals surface area contributed by atoms with E-state index < -0.39 is 15.8 Å². The van der Waals surface area contributed by atoms with Gasteiger partial charge in [-0.1, -0.05) is 11.6 Å². The summed E-state index contributed by atoms with van der Waals surface area (Å²) in [6, 6.07) is 6.40. The van der Waals surface area contributed by atoms with Crippen LogP contribution in [0.4, 0.5) is 4.39 Å². The largest absolute Gasteiger partial charge is 0.469 e. The summed E-state index contributed by atoms with van der Waals surface area (Å²) in [6.45, 7) is 1.71. The van der Waals surface area contributed by atoms with Crippen molar-refractivity contribution < 1.29 is 17.2 Å². The first-order chi connectivity index (χ1) is 9.38. The third-order valence-corrected chi connectivity index (χ3v) is 4.52. The summed E-state index contributed by atoms with van der Waals surface area (Å²) in [6.07, 6.45) is 1.94. The van der Waals surface area contributed by atoms with E-state index in [2.05, 4.69) is 4.72 Å². The van der Waals surface area contributed by atoms with Crippen LogP contribution in [0.1, 0.15) is 12.7 Å². The van der Waals surface area contributed by atoms with Gasteiger partial charge in [0.2, 0.25) is 10.0 Å². The molecule has 7 heteroatoms. The van der Waals surface area contributed by atoms with Crippen molar-refractivity contribution in [1.29, 1.82) is 0 Å². The minimum absolute atomic E-state index is 0.0739. The molecular formula is C13H13ClFNO3S. The average molecular weight is 318 g/mol. The van der Waals surface area contributed by atoms with Crippen molar-refractivity contribution in [3.05, 3.63) is 53.2 Å². The predicted molar refractivity (Wildman–Crippen MR) is 73.6 cm³/mol. The Balaban J connectivity index is 2.12. The van der Waals surface area contributed by atoms with Crippen molar-refractivity contribution in [3.8, 4) is 0 Å². The molecule has 1 heterocycles. The maximum atomic E-state index is 13.0. The smallest absolute Gasteiger partial charge is 0.240 e. The second-order valence-electron chi connectivity index (χ2n) is 4.38. The van der Waals surface area contributed by atoms with Gasteiger partial charge in [0, 0.05) is 12.5 Å². The van der Waals surface area contributed by atoms with Crippen LogP contribution in [-0.2, 0) is 16.4 Å². The zero-order valence-corrected chi connectivity index (χ0v) is 12.2. The maximum absolute atomic E-state index is 13.0. The first-order valence-electron chi connectivity index (χ1n) is 5.88. The zero-order chi connectivity index (χ0) is 14.8. The summed E-state index contributed by atoms with van der Waals surface area (Å²) in [5.74, 6) is 0.0200. The Morgan fingerprint density at radius 3 is 2.75 bits per heavy atom. The van der Waals surface area contributed by atoms with Crippen molar-refractivity contribution >= 4 is 21.6 Å². The number of furan rings is 1. The van der Waals surface area contributed by atoms with Gasteiger partial charge >= 0.3 is 0 Å². The minimum atomic E-state index is -3.74. The molecule has 0 saturated heterocycles. The lowest BCUT2D eigenvalue weighted by Crippen LogP contribution is -2.34. The Kier molecular flexibility index (Phi) is 4.47. The Morgan fingerprint density at radius 2 is 2.15 bits per heavy atom. The summed E-state index contributed by atoms with van der Waals surface area (Å²) >= 11 is 5.59. The van der Waals surface area contributed by atoms with Gasteiger partial charge in [-0.05, 0) is 37.3 Å². The van der Waals surface area contributed by atoms with E-state index in [1.54, 1.807) is 19.1 Å². The van der Waals surface area contributed by atoms with Gasteiger partial charge in [0.1, 0.15) is 11.6 Å². The first kappa shape index (κ1) is 15.0. The topological polar surface area (TPSA) is 59.3 Å². The van der Waals surface area contributed by atoms with Gasteiger partial charge in [-0.25, -0.2) is 17.5 Å². The fourth-order valence-electron chi connectivity index (χ4n) is 1.75. The number of hydrogen-bond donors (Lipinski definition) is 1. The van der Waals surface area contributed by atoms with Crippen LogP contribution < -0.4 is 4.72 Å². The summed E-state index contributed by atoms with van der Waals surface area (Å²) < 4.78 is 44.9. The van der Waals surface area contributed by atoms with Gasteiger partial charge in [-0.2, -0.15) is 0 Å². The van der Waals surface area contributed by atoms with E-state index in [1.807, 2.05) is 0 Å². The molecule has 0 spiro atoms. The lowest BCUT2D eigenvalue weighted by molar-refractivity contribution is 0.479. The molecule has 1 unspecified atom stereocenters. The van der Waals surface area contributed by atoms with Gasteiger partial charge < -0.3 is 4.42 Å². The van der Waals surface area contributed by atoms with Crippen molar-refractivity contribution in [3.63, 3.8) is 0 Å². The van der Waals surface area contributed by atoms with Crippen LogP contribution >= 0.6 is 11.6 Å². The molecule has 108 valence electrons. The fraction of sp³-hybridized carbons (Fsp3) is 0.231. The van der Waals surface area contributed by atoms with Crippen LogP contribution in [0.3, 0.4) is 0 Å². The van der Waals surface area contributed by atoms with Crippen LogP contribution in [0.2, 0.25) is 5.02 Å². The second-order valence-corrected chi connectivity index (χ2v) is 6.50. The highest BCUT2D eigenvalue weighted by molar-refractivity contribution is 7.89. The fourth-order valence-corrected chi connectivity index (χ4v) is 3.26. The Labute approximate surface area is 121 Å². The van der Waals surface area contributed by atoms with Crippen LogP contribution in [-0.4, -0.2) is 14.5 Å². The monoisotopic (exact) mass is 317 g/mol. The SMILES string of the molecule is CC(Cc1ccco1)NS(=O)(=O)c1ccc(F)c(Cl)c1.